The van der Waals surface area contributed by atoms with Crippen molar-refractivity contribution < 1.29 is 8.78 Å². The normalized spacial score (nSPS) is 10.7. The van der Waals surface area contributed by atoms with Crippen LogP contribution in [0.5, 0.6) is 0 Å². The molecule has 2 nitrogen and oxygen atoms in total. The topological polar surface area (TPSA) is 25.8 Å². The Bertz CT molecular complexity index is 580. The Kier molecular flexibility index (Phi) is 3.78. The second kappa shape index (κ2) is 5.16. The molecule has 0 saturated carbocycles. The predicted octanol–water partition coefficient (Wildman–Crippen LogP) is 3.96. The first-order valence-electron chi connectivity index (χ1n) is 5.10. The van der Waals surface area contributed by atoms with Crippen molar-refractivity contribution in [3.05, 3.63) is 57.1 Å². The largest absolute Gasteiger partial charge is 0.220 e. The third-order valence-electron chi connectivity index (χ3n) is 2.44. The summed E-state index contributed by atoms with van der Waals surface area (Å²) in [4.78, 5) is 8.00. The second-order valence-corrected chi connectivity index (χ2v) is 4.47. The lowest BCUT2D eigenvalue weighted by Crippen LogP contribution is -2.01. The first-order chi connectivity index (χ1) is 8.47. The molecule has 1 aromatic heterocycles. The molecule has 0 aliphatic heterocycles. The molecule has 0 unspecified atom stereocenters. The molecule has 0 aliphatic rings. The van der Waals surface area contributed by atoms with Gasteiger partial charge in [-0.05, 0) is 18.6 Å². The van der Waals surface area contributed by atoms with Crippen LogP contribution in [-0.2, 0) is 6.42 Å². The predicted molar refractivity (Wildman–Crippen MR) is 66.0 cm³/mol. The molecule has 1 heterocycles. The Labute approximate surface area is 113 Å². The fourth-order valence-electron chi connectivity index (χ4n) is 1.42. The van der Waals surface area contributed by atoms with Crippen LogP contribution in [0.25, 0.3) is 0 Å². The van der Waals surface area contributed by atoms with Crippen LogP contribution < -0.4 is 0 Å². The monoisotopic (exact) mass is 288 g/mol. The molecule has 18 heavy (non-hydrogen) atoms. The van der Waals surface area contributed by atoms with E-state index < -0.39 is 11.6 Å². The summed E-state index contributed by atoms with van der Waals surface area (Å²) < 4.78 is 26.2. The zero-order chi connectivity index (χ0) is 13.3. The van der Waals surface area contributed by atoms with Crippen LogP contribution in [0.4, 0.5) is 8.78 Å². The van der Waals surface area contributed by atoms with Crippen molar-refractivity contribution >= 4 is 23.2 Å². The van der Waals surface area contributed by atoms with Gasteiger partial charge < -0.3 is 0 Å². The van der Waals surface area contributed by atoms with E-state index in [1.807, 2.05) is 0 Å². The summed E-state index contributed by atoms with van der Waals surface area (Å²) in [7, 11) is 0. The van der Waals surface area contributed by atoms with Gasteiger partial charge in [0.25, 0.3) is 0 Å². The zero-order valence-corrected chi connectivity index (χ0v) is 10.9. The van der Waals surface area contributed by atoms with Gasteiger partial charge in [-0.2, -0.15) is 0 Å². The molecule has 0 spiro atoms. The van der Waals surface area contributed by atoms with Crippen molar-refractivity contribution in [2.24, 2.45) is 0 Å². The third kappa shape index (κ3) is 2.76. The number of hydrogen-bond donors (Lipinski definition) is 0. The van der Waals surface area contributed by atoms with Crippen molar-refractivity contribution in [3.8, 4) is 0 Å². The van der Waals surface area contributed by atoms with Crippen molar-refractivity contribution in [2.75, 3.05) is 0 Å². The smallest absolute Gasteiger partial charge is 0.137 e. The molecule has 2 rings (SSSR count). The van der Waals surface area contributed by atoms with Gasteiger partial charge in [0, 0.05) is 18.1 Å². The Balaban J connectivity index is 2.34. The molecule has 0 aliphatic carbocycles. The van der Waals surface area contributed by atoms with E-state index in [0.717, 1.165) is 6.07 Å². The van der Waals surface area contributed by atoms with E-state index in [1.165, 1.54) is 12.1 Å². The van der Waals surface area contributed by atoms with E-state index in [4.69, 9.17) is 23.2 Å². The molecule has 0 saturated heterocycles. The summed E-state index contributed by atoms with van der Waals surface area (Å²) in [5.41, 5.74) is 0.856. The van der Waals surface area contributed by atoms with Gasteiger partial charge in [0.05, 0.1) is 0 Å². The van der Waals surface area contributed by atoms with Gasteiger partial charge in [0.1, 0.15) is 27.8 Å². The summed E-state index contributed by atoms with van der Waals surface area (Å²) in [6, 6.07) is 3.33. The standard InChI is InChI=1S/C12H8Cl2F2N2/c1-6-11(13)17-10(18-12(6)14)4-7-2-3-8(15)5-9(7)16/h2-3,5H,4H2,1H3. The van der Waals surface area contributed by atoms with E-state index in [0.29, 0.717) is 11.4 Å². The molecular weight excluding hydrogens is 281 g/mol. The summed E-state index contributed by atoms with van der Waals surface area (Å²) in [6.07, 6.45) is 0.103. The van der Waals surface area contributed by atoms with Gasteiger partial charge in [-0.3, -0.25) is 0 Å². The average Bonchev–Trinajstić information content (AvgIpc) is 2.29. The first-order valence-corrected chi connectivity index (χ1v) is 5.85. The Morgan fingerprint density at radius 2 is 1.72 bits per heavy atom. The van der Waals surface area contributed by atoms with E-state index in [-0.39, 0.29) is 22.3 Å². The number of benzene rings is 1. The van der Waals surface area contributed by atoms with E-state index in [9.17, 15) is 8.78 Å². The number of aromatic nitrogens is 2. The zero-order valence-electron chi connectivity index (χ0n) is 9.35. The SMILES string of the molecule is Cc1c(Cl)nc(Cc2ccc(F)cc2F)nc1Cl. The van der Waals surface area contributed by atoms with Gasteiger partial charge in [0.15, 0.2) is 0 Å². The van der Waals surface area contributed by atoms with Crippen LogP contribution in [0.3, 0.4) is 0 Å². The molecule has 94 valence electrons. The number of hydrogen-bond acceptors (Lipinski definition) is 2. The van der Waals surface area contributed by atoms with Crippen molar-refractivity contribution in [1.82, 2.24) is 9.97 Å². The van der Waals surface area contributed by atoms with E-state index in [2.05, 4.69) is 9.97 Å². The first kappa shape index (κ1) is 13.2. The Hall–Kier alpha value is -1.26. The van der Waals surface area contributed by atoms with Gasteiger partial charge in [-0.25, -0.2) is 18.7 Å². The highest BCUT2D eigenvalue weighted by atomic mass is 35.5. The fraction of sp³-hybridized carbons (Fsp3) is 0.167. The molecule has 0 bridgehead atoms. The van der Waals surface area contributed by atoms with E-state index in [1.54, 1.807) is 6.92 Å². The van der Waals surface area contributed by atoms with Gasteiger partial charge in [-0.15, -0.1) is 0 Å². The van der Waals surface area contributed by atoms with Crippen LogP contribution in [0.15, 0.2) is 18.2 Å². The van der Waals surface area contributed by atoms with Crippen molar-refractivity contribution in [1.29, 1.82) is 0 Å². The molecule has 0 amide bonds. The lowest BCUT2D eigenvalue weighted by atomic mass is 10.1. The summed E-state index contributed by atoms with van der Waals surface area (Å²) in [6.45, 7) is 1.69. The molecule has 0 atom stereocenters. The molecule has 2 aromatic rings. The molecule has 0 radical (unpaired) electrons. The highest BCUT2D eigenvalue weighted by Crippen LogP contribution is 2.21. The molecule has 1 aromatic carbocycles. The van der Waals surface area contributed by atoms with Gasteiger partial charge >= 0.3 is 0 Å². The third-order valence-corrected chi connectivity index (χ3v) is 3.17. The number of halogens is 4. The van der Waals surface area contributed by atoms with Gasteiger partial charge in [0.2, 0.25) is 0 Å². The van der Waals surface area contributed by atoms with Crippen molar-refractivity contribution in [3.63, 3.8) is 0 Å². The fourth-order valence-corrected chi connectivity index (χ4v) is 1.84. The second-order valence-electron chi connectivity index (χ2n) is 3.76. The lowest BCUT2D eigenvalue weighted by molar-refractivity contribution is 0.573. The molecule has 0 fully saturated rings. The maximum atomic E-state index is 13.5. The maximum Gasteiger partial charge on any atom is 0.137 e. The quantitative estimate of drug-likeness (QED) is 0.782. The average molecular weight is 289 g/mol. The minimum atomic E-state index is -0.647. The van der Waals surface area contributed by atoms with E-state index >= 15 is 0 Å². The van der Waals surface area contributed by atoms with Crippen LogP contribution in [-0.4, -0.2) is 9.97 Å². The molecule has 0 N–H and O–H groups in total. The highest BCUT2D eigenvalue weighted by Gasteiger charge is 2.11. The lowest BCUT2D eigenvalue weighted by Gasteiger charge is -2.05. The highest BCUT2D eigenvalue weighted by molar-refractivity contribution is 6.34. The van der Waals surface area contributed by atoms with Crippen LogP contribution in [0.1, 0.15) is 17.0 Å². The van der Waals surface area contributed by atoms with Gasteiger partial charge in [-0.1, -0.05) is 29.3 Å². The summed E-state index contributed by atoms with van der Waals surface area (Å²) in [5.74, 6) is -0.982. The van der Waals surface area contributed by atoms with Crippen molar-refractivity contribution in [2.45, 2.75) is 13.3 Å². The number of rotatable bonds is 2. The molecule has 6 heteroatoms. The Morgan fingerprint density at radius 1 is 1.11 bits per heavy atom. The molecular formula is C12H8Cl2F2N2. The van der Waals surface area contributed by atoms with Crippen LogP contribution in [0.2, 0.25) is 10.3 Å². The number of nitrogens with zero attached hydrogens (tertiary/aromatic N) is 2. The van der Waals surface area contributed by atoms with Crippen LogP contribution in [0, 0.1) is 18.6 Å². The van der Waals surface area contributed by atoms with Crippen LogP contribution >= 0.6 is 23.2 Å². The Morgan fingerprint density at radius 3 is 2.28 bits per heavy atom. The minimum Gasteiger partial charge on any atom is -0.220 e. The maximum absolute atomic E-state index is 13.5. The summed E-state index contributed by atoms with van der Waals surface area (Å²) >= 11 is 11.7. The summed E-state index contributed by atoms with van der Waals surface area (Å²) in [5, 5.41) is 0.458. The minimum absolute atomic E-state index is 0.103.